The largest absolute Gasteiger partial charge is 0.488 e. The first-order valence-corrected chi connectivity index (χ1v) is 8.80. The molecule has 0 radical (unpaired) electrons. The first-order chi connectivity index (χ1) is 11.1. The number of hydrogen-bond acceptors (Lipinski definition) is 3. The van der Waals surface area contributed by atoms with Crippen LogP contribution in [-0.4, -0.2) is 57.4 Å². The zero-order chi connectivity index (χ0) is 16.7. The minimum absolute atomic E-state index is 0.0358. The van der Waals surface area contributed by atoms with Crippen molar-refractivity contribution < 1.29 is 9.47 Å². The smallest absolute Gasteiger partial charge is 0.193 e. The molecule has 2 rings (SSSR count). The normalized spacial score (nSPS) is 19.5. The number of rotatable bonds is 6. The van der Waals surface area contributed by atoms with Gasteiger partial charge in [-0.3, -0.25) is 4.99 Å². The van der Waals surface area contributed by atoms with Crippen molar-refractivity contribution in [1.29, 1.82) is 0 Å². The average molecular weight is 384 g/mol. The van der Waals surface area contributed by atoms with Gasteiger partial charge in [-0.05, 0) is 41.4 Å². The molecule has 0 amide bonds. The number of aliphatic imine (C=N–C) groups is 1. The molecule has 0 saturated carbocycles. The third kappa shape index (κ3) is 5.70. The molecule has 128 valence electrons. The molecule has 1 saturated heterocycles. The highest BCUT2D eigenvalue weighted by Gasteiger charge is 2.19. The van der Waals surface area contributed by atoms with Crippen molar-refractivity contribution in [2.24, 2.45) is 10.9 Å². The second kappa shape index (κ2) is 9.13. The van der Waals surface area contributed by atoms with Gasteiger partial charge in [-0.25, -0.2) is 0 Å². The number of nitrogens with one attached hydrogen (secondary N) is 1. The second-order valence-electron chi connectivity index (χ2n) is 5.90. The molecule has 0 spiro atoms. The monoisotopic (exact) mass is 383 g/mol. The van der Waals surface area contributed by atoms with Gasteiger partial charge >= 0.3 is 0 Å². The Morgan fingerprint density at radius 1 is 1.52 bits per heavy atom. The SMILES string of the molecule is CN=C(NCC(C)Oc1ccccc1Br)N(C)CC1CCOC1. The zero-order valence-electron chi connectivity index (χ0n) is 14.1. The lowest BCUT2D eigenvalue weighted by atomic mass is 10.1. The predicted molar refractivity (Wildman–Crippen MR) is 97.1 cm³/mol. The van der Waals surface area contributed by atoms with Crippen molar-refractivity contribution in [3.05, 3.63) is 28.7 Å². The highest BCUT2D eigenvalue weighted by atomic mass is 79.9. The summed E-state index contributed by atoms with van der Waals surface area (Å²) in [4.78, 5) is 6.51. The van der Waals surface area contributed by atoms with Gasteiger partial charge in [0, 0.05) is 33.2 Å². The summed E-state index contributed by atoms with van der Waals surface area (Å²) in [6.45, 7) is 5.42. The number of benzene rings is 1. The fourth-order valence-corrected chi connectivity index (χ4v) is 3.00. The molecule has 1 aliphatic heterocycles. The topological polar surface area (TPSA) is 46.1 Å². The number of hydrogen-bond donors (Lipinski definition) is 1. The molecule has 1 aliphatic rings. The Morgan fingerprint density at radius 3 is 2.96 bits per heavy atom. The molecule has 0 aliphatic carbocycles. The summed E-state index contributed by atoms with van der Waals surface area (Å²) in [5.41, 5.74) is 0. The van der Waals surface area contributed by atoms with Crippen LogP contribution in [0.25, 0.3) is 0 Å². The molecule has 5 nitrogen and oxygen atoms in total. The van der Waals surface area contributed by atoms with E-state index in [0.29, 0.717) is 12.5 Å². The van der Waals surface area contributed by atoms with E-state index in [0.717, 1.165) is 42.4 Å². The van der Waals surface area contributed by atoms with Gasteiger partial charge < -0.3 is 19.7 Å². The molecule has 1 heterocycles. The maximum absolute atomic E-state index is 5.95. The van der Waals surface area contributed by atoms with Crippen LogP contribution in [0.4, 0.5) is 0 Å². The molecule has 0 aromatic heterocycles. The molecule has 2 unspecified atom stereocenters. The van der Waals surface area contributed by atoms with Crippen LogP contribution < -0.4 is 10.1 Å². The van der Waals surface area contributed by atoms with Crippen molar-refractivity contribution in [1.82, 2.24) is 10.2 Å². The fourth-order valence-electron chi connectivity index (χ4n) is 2.62. The first-order valence-electron chi connectivity index (χ1n) is 8.01. The summed E-state index contributed by atoms with van der Waals surface area (Å²) in [5, 5.41) is 3.38. The summed E-state index contributed by atoms with van der Waals surface area (Å²) in [6.07, 6.45) is 1.16. The molecule has 2 atom stereocenters. The van der Waals surface area contributed by atoms with Gasteiger partial charge in [0.1, 0.15) is 11.9 Å². The molecule has 1 fully saturated rings. The van der Waals surface area contributed by atoms with Gasteiger partial charge in [0.15, 0.2) is 5.96 Å². The molecule has 1 aromatic carbocycles. The lowest BCUT2D eigenvalue weighted by molar-refractivity contribution is 0.180. The average Bonchev–Trinajstić information content (AvgIpc) is 3.03. The van der Waals surface area contributed by atoms with Crippen LogP contribution in [0.15, 0.2) is 33.7 Å². The van der Waals surface area contributed by atoms with Crippen molar-refractivity contribution >= 4 is 21.9 Å². The lowest BCUT2D eigenvalue weighted by Gasteiger charge is -2.26. The minimum atomic E-state index is 0.0358. The summed E-state index contributed by atoms with van der Waals surface area (Å²) in [6, 6.07) is 7.88. The third-order valence-electron chi connectivity index (χ3n) is 3.84. The van der Waals surface area contributed by atoms with Gasteiger partial charge in [0.25, 0.3) is 0 Å². The third-order valence-corrected chi connectivity index (χ3v) is 4.50. The molecule has 0 bridgehead atoms. The van der Waals surface area contributed by atoms with Crippen LogP contribution in [0.5, 0.6) is 5.75 Å². The van der Waals surface area contributed by atoms with Crippen molar-refractivity contribution in [3.8, 4) is 5.75 Å². The quantitative estimate of drug-likeness (QED) is 0.605. The zero-order valence-corrected chi connectivity index (χ0v) is 15.7. The van der Waals surface area contributed by atoms with Gasteiger partial charge in [-0.1, -0.05) is 12.1 Å². The molecule has 6 heteroatoms. The van der Waals surface area contributed by atoms with Gasteiger partial charge in [-0.15, -0.1) is 0 Å². The maximum Gasteiger partial charge on any atom is 0.193 e. The lowest BCUT2D eigenvalue weighted by Crippen LogP contribution is -2.44. The molecule has 1 aromatic rings. The van der Waals surface area contributed by atoms with E-state index in [-0.39, 0.29) is 6.10 Å². The van der Waals surface area contributed by atoms with Crippen LogP contribution in [0.3, 0.4) is 0 Å². The summed E-state index contributed by atoms with van der Waals surface area (Å²) in [5.74, 6) is 2.33. The van der Waals surface area contributed by atoms with E-state index in [9.17, 15) is 0 Å². The highest BCUT2D eigenvalue weighted by molar-refractivity contribution is 9.10. The number of nitrogens with zero attached hydrogens (tertiary/aromatic N) is 2. The Labute approximate surface area is 147 Å². The summed E-state index contributed by atoms with van der Waals surface area (Å²) >= 11 is 3.50. The van der Waals surface area contributed by atoms with Gasteiger partial charge in [0.05, 0.1) is 17.6 Å². The Hall–Kier alpha value is -1.27. The van der Waals surface area contributed by atoms with Gasteiger partial charge in [0.2, 0.25) is 0 Å². The number of ether oxygens (including phenoxy) is 2. The van der Waals surface area contributed by atoms with E-state index in [1.165, 1.54) is 0 Å². The van der Waals surface area contributed by atoms with Crippen molar-refractivity contribution in [2.45, 2.75) is 19.4 Å². The van der Waals surface area contributed by atoms with Gasteiger partial charge in [-0.2, -0.15) is 0 Å². The first kappa shape index (κ1) is 18.1. The second-order valence-corrected chi connectivity index (χ2v) is 6.75. The van der Waals surface area contributed by atoms with E-state index < -0.39 is 0 Å². The number of guanidine groups is 1. The highest BCUT2D eigenvalue weighted by Crippen LogP contribution is 2.24. The van der Waals surface area contributed by atoms with E-state index >= 15 is 0 Å². The minimum Gasteiger partial charge on any atom is -0.488 e. The Morgan fingerprint density at radius 2 is 2.30 bits per heavy atom. The number of para-hydroxylation sites is 1. The fraction of sp³-hybridized carbons (Fsp3) is 0.588. The van der Waals surface area contributed by atoms with E-state index in [2.05, 4.69) is 38.2 Å². The van der Waals surface area contributed by atoms with Crippen molar-refractivity contribution in [2.75, 3.05) is 40.4 Å². The van der Waals surface area contributed by atoms with Crippen molar-refractivity contribution in [3.63, 3.8) is 0 Å². The molecular weight excluding hydrogens is 358 g/mol. The van der Waals surface area contributed by atoms with Crippen LogP contribution in [0.2, 0.25) is 0 Å². The summed E-state index contributed by atoms with van der Waals surface area (Å²) < 4.78 is 12.4. The van der Waals surface area contributed by atoms with E-state index in [1.807, 2.05) is 38.2 Å². The van der Waals surface area contributed by atoms with Crippen LogP contribution in [0, 0.1) is 5.92 Å². The summed E-state index contributed by atoms with van der Waals surface area (Å²) in [7, 11) is 3.87. The molecule has 23 heavy (non-hydrogen) atoms. The van der Waals surface area contributed by atoms with E-state index in [1.54, 1.807) is 0 Å². The van der Waals surface area contributed by atoms with Crippen LogP contribution >= 0.6 is 15.9 Å². The molecule has 1 N–H and O–H groups in total. The Balaban J connectivity index is 1.79. The molecular formula is C17H26BrN3O2. The Bertz CT molecular complexity index is 518. The van der Waals surface area contributed by atoms with Crippen LogP contribution in [0.1, 0.15) is 13.3 Å². The predicted octanol–water partition coefficient (Wildman–Crippen LogP) is 2.76. The Kier molecular flexibility index (Phi) is 7.17. The van der Waals surface area contributed by atoms with Crippen LogP contribution in [-0.2, 0) is 4.74 Å². The maximum atomic E-state index is 5.95. The number of halogens is 1. The standard InChI is InChI=1S/C17H26BrN3O2/c1-13(23-16-7-5-4-6-15(16)18)10-20-17(19-2)21(3)11-14-8-9-22-12-14/h4-7,13-14H,8-12H2,1-3H3,(H,19,20). The van der Waals surface area contributed by atoms with E-state index in [4.69, 9.17) is 9.47 Å².